The van der Waals surface area contributed by atoms with Crippen LogP contribution in [-0.4, -0.2) is 12.6 Å². The second kappa shape index (κ2) is 7.22. The molecule has 0 N–H and O–H groups in total. The van der Waals surface area contributed by atoms with Crippen LogP contribution in [0.15, 0.2) is 60.4 Å². The molecule has 0 bridgehead atoms. The van der Waals surface area contributed by atoms with E-state index in [4.69, 9.17) is 18.9 Å². The summed E-state index contributed by atoms with van der Waals surface area (Å²) in [6.07, 6.45) is 1.68. The van der Waals surface area contributed by atoms with Crippen LogP contribution in [0.4, 0.5) is 4.39 Å². The van der Waals surface area contributed by atoms with Gasteiger partial charge in [-0.25, -0.2) is 4.39 Å². The monoisotopic (exact) mass is 404 g/mol. The van der Waals surface area contributed by atoms with Crippen molar-refractivity contribution < 1.29 is 28.1 Å². The minimum atomic E-state index is -0.291. The number of Topliss-reactive ketones (excluding diaryl/α,β-unsaturated/α-hetero) is 1. The largest absolute Gasteiger partial charge is 0.489 e. The summed E-state index contributed by atoms with van der Waals surface area (Å²) in [5, 5.41) is 0. The number of carbonyl (C=O) groups is 1. The summed E-state index contributed by atoms with van der Waals surface area (Å²) in [4.78, 5) is 12.9. The zero-order chi connectivity index (χ0) is 20.7. The summed E-state index contributed by atoms with van der Waals surface area (Å²) in [6.45, 7) is 2.32. The number of halogens is 1. The van der Waals surface area contributed by atoms with Gasteiger partial charge in [-0.05, 0) is 60.0 Å². The number of hydrogen-bond donors (Lipinski definition) is 0. The molecule has 0 aliphatic carbocycles. The number of aryl methyl sites for hydroxylation is 1. The lowest BCUT2D eigenvalue weighted by Gasteiger charge is -2.09. The predicted molar refractivity (Wildman–Crippen MR) is 107 cm³/mol. The summed E-state index contributed by atoms with van der Waals surface area (Å²) < 4.78 is 35.4. The summed E-state index contributed by atoms with van der Waals surface area (Å²) in [6, 6.07) is 15.1. The normalized spacial score (nSPS) is 15.3. The molecule has 2 aliphatic rings. The van der Waals surface area contributed by atoms with E-state index < -0.39 is 0 Å². The van der Waals surface area contributed by atoms with Crippen LogP contribution in [0.5, 0.6) is 23.0 Å². The van der Waals surface area contributed by atoms with Gasteiger partial charge in [0.15, 0.2) is 17.3 Å². The van der Waals surface area contributed by atoms with Crippen LogP contribution in [0.2, 0.25) is 0 Å². The van der Waals surface area contributed by atoms with Crippen molar-refractivity contribution in [2.24, 2.45) is 0 Å². The molecule has 3 aromatic rings. The molecule has 2 aliphatic heterocycles. The molecule has 0 spiro atoms. The van der Waals surface area contributed by atoms with E-state index in [1.165, 1.54) is 12.1 Å². The average molecular weight is 404 g/mol. The Morgan fingerprint density at radius 2 is 1.80 bits per heavy atom. The summed E-state index contributed by atoms with van der Waals surface area (Å²) in [5.41, 5.74) is 2.91. The summed E-state index contributed by atoms with van der Waals surface area (Å²) >= 11 is 0. The van der Waals surface area contributed by atoms with E-state index in [1.807, 2.05) is 13.0 Å². The molecule has 0 fully saturated rings. The van der Waals surface area contributed by atoms with Gasteiger partial charge >= 0.3 is 0 Å². The molecule has 0 atom stereocenters. The van der Waals surface area contributed by atoms with Crippen molar-refractivity contribution >= 4 is 11.9 Å². The molecule has 0 saturated heterocycles. The van der Waals surface area contributed by atoms with E-state index >= 15 is 0 Å². The standard InChI is InChI=1S/C24H17FO5/c1-14-8-18(27-12-15-2-5-17(25)6-3-15)11-21-23(14)24(26)22(30-21)10-16-4-7-19-20(9-16)29-13-28-19/h2-11H,12-13H2,1H3/b22-10-. The van der Waals surface area contributed by atoms with Crippen LogP contribution in [0, 0.1) is 12.7 Å². The first-order valence-corrected chi connectivity index (χ1v) is 9.42. The summed E-state index contributed by atoms with van der Waals surface area (Å²) in [7, 11) is 0. The van der Waals surface area contributed by atoms with Crippen molar-refractivity contribution in [2.75, 3.05) is 6.79 Å². The predicted octanol–water partition coefficient (Wildman–Crippen LogP) is 5.06. The Balaban J connectivity index is 1.37. The zero-order valence-corrected chi connectivity index (χ0v) is 16.1. The number of allylic oxidation sites excluding steroid dienone is 1. The van der Waals surface area contributed by atoms with E-state index in [2.05, 4.69) is 0 Å². The zero-order valence-electron chi connectivity index (χ0n) is 16.1. The fraction of sp³-hybridized carbons (Fsp3) is 0.125. The maximum absolute atomic E-state index is 13.0. The average Bonchev–Trinajstić information content (AvgIpc) is 3.32. The lowest BCUT2D eigenvalue weighted by atomic mass is 10.0. The lowest BCUT2D eigenvalue weighted by molar-refractivity contribution is 0.101. The Morgan fingerprint density at radius 1 is 1.00 bits per heavy atom. The third-order valence-electron chi connectivity index (χ3n) is 4.96. The first kappa shape index (κ1) is 18.2. The van der Waals surface area contributed by atoms with Crippen LogP contribution in [0.25, 0.3) is 6.08 Å². The fourth-order valence-corrected chi connectivity index (χ4v) is 3.46. The highest BCUT2D eigenvalue weighted by molar-refractivity contribution is 6.15. The van der Waals surface area contributed by atoms with E-state index in [1.54, 1.807) is 42.5 Å². The van der Waals surface area contributed by atoms with Crippen LogP contribution in [-0.2, 0) is 6.61 Å². The summed E-state index contributed by atoms with van der Waals surface area (Å²) in [5.74, 6) is 2.13. The molecule has 3 aromatic carbocycles. The Labute approximate surface area is 172 Å². The van der Waals surface area contributed by atoms with Gasteiger partial charge in [0.2, 0.25) is 12.6 Å². The number of carbonyl (C=O) groups excluding carboxylic acids is 1. The third kappa shape index (κ3) is 3.37. The van der Waals surface area contributed by atoms with E-state index in [9.17, 15) is 9.18 Å². The molecule has 0 saturated carbocycles. The highest BCUT2D eigenvalue weighted by Gasteiger charge is 2.30. The molecule has 5 nitrogen and oxygen atoms in total. The number of hydrogen-bond acceptors (Lipinski definition) is 5. The van der Waals surface area contributed by atoms with Gasteiger partial charge in [0, 0.05) is 6.07 Å². The van der Waals surface area contributed by atoms with Crippen molar-refractivity contribution in [3.63, 3.8) is 0 Å². The van der Waals surface area contributed by atoms with Crippen molar-refractivity contribution in [3.8, 4) is 23.0 Å². The van der Waals surface area contributed by atoms with Gasteiger partial charge in [-0.1, -0.05) is 18.2 Å². The van der Waals surface area contributed by atoms with Crippen LogP contribution in [0.1, 0.15) is 27.0 Å². The minimum Gasteiger partial charge on any atom is -0.489 e. The highest BCUT2D eigenvalue weighted by atomic mass is 19.1. The molecule has 5 rings (SSSR count). The number of fused-ring (bicyclic) bond motifs is 2. The number of ketones is 1. The van der Waals surface area contributed by atoms with Crippen LogP contribution in [0.3, 0.4) is 0 Å². The Morgan fingerprint density at radius 3 is 2.63 bits per heavy atom. The van der Waals surface area contributed by atoms with Gasteiger partial charge in [0.1, 0.15) is 23.9 Å². The van der Waals surface area contributed by atoms with Gasteiger partial charge in [0.25, 0.3) is 0 Å². The molecule has 2 heterocycles. The molecule has 0 amide bonds. The number of rotatable bonds is 4. The first-order chi connectivity index (χ1) is 14.6. The van der Waals surface area contributed by atoms with E-state index in [0.717, 1.165) is 16.7 Å². The molecule has 0 radical (unpaired) electrons. The fourth-order valence-electron chi connectivity index (χ4n) is 3.46. The van der Waals surface area contributed by atoms with Gasteiger partial charge in [0.05, 0.1) is 5.56 Å². The van der Waals surface area contributed by atoms with Crippen LogP contribution >= 0.6 is 0 Å². The lowest BCUT2D eigenvalue weighted by Crippen LogP contribution is -2.00. The third-order valence-corrected chi connectivity index (χ3v) is 4.96. The van der Waals surface area contributed by atoms with Crippen molar-refractivity contribution in [1.29, 1.82) is 0 Å². The van der Waals surface area contributed by atoms with E-state index in [-0.39, 0.29) is 30.8 Å². The number of ether oxygens (including phenoxy) is 4. The van der Waals surface area contributed by atoms with E-state index in [0.29, 0.717) is 28.6 Å². The quantitative estimate of drug-likeness (QED) is 0.569. The molecule has 0 aromatic heterocycles. The first-order valence-electron chi connectivity index (χ1n) is 9.42. The number of benzene rings is 3. The SMILES string of the molecule is Cc1cc(OCc2ccc(F)cc2)cc2c1C(=O)/C(=C/c1ccc3c(c1)OCO3)O2. The molecular formula is C24H17FO5. The molecular weight excluding hydrogens is 387 g/mol. The Kier molecular flexibility index (Phi) is 4.39. The molecule has 0 unspecified atom stereocenters. The van der Waals surface area contributed by atoms with Crippen molar-refractivity contribution in [1.82, 2.24) is 0 Å². The molecule has 30 heavy (non-hydrogen) atoms. The smallest absolute Gasteiger partial charge is 0.232 e. The highest BCUT2D eigenvalue weighted by Crippen LogP contribution is 2.39. The van der Waals surface area contributed by atoms with Crippen molar-refractivity contribution in [2.45, 2.75) is 13.5 Å². The van der Waals surface area contributed by atoms with Gasteiger partial charge < -0.3 is 18.9 Å². The van der Waals surface area contributed by atoms with Crippen molar-refractivity contribution in [3.05, 3.63) is 88.4 Å². The Hall–Kier alpha value is -3.80. The van der Waals surface area contributed by atoms with Crippen LogP contribution < -0.4 is 18.9 Å². The second-order valence-corrected chi connectivity index (χ2v) is 7.08. The molecule has 150 valence electrons. The maximum Gasteiger partial charge on any atom is 0.232 e. The maximum atomic E-state index is 13.0. The van der Waals surface area contributed by atoms with Gasteiger partial charge in [-0.15, -0.1) is 0 Å². The van der Waals surface area contributed by atoms with Gasteiger partial charge in [-0.3, -0.25) is 4.79 Å². The minimum absolute atomic E-state index is 0.176. The molecule has 6 heteroatoms. The Bertz CT molecular complexity index is 1180. The second-order valence-electron chi connectivity index (χ2n) is 7.08. The topological polar surface area (TPSA) is 54.0 Å². The van der Waals surface area contributed by atoms with Gasteiger partial charge in [-0.2, -0.15) is 0 Å².